The van der Waals surface area contributed by atoms with E-state index >= 15 is 0 Å². The summed E-state index contributed by atoms with van der Waals surface area (Å²) < 4.78 is 4.94. The number of nitrogens with one attached hydrogen (secondary N) is 1. The molecule has 2 aliphatic rings. The summed E-state index contributed by atoms with van der Waals surface area (Å²) >= 11 is 0. The molecule has 0 radical (unpaired) electrons. The van der Waals surface area contributed by atoms with Gasteiger partial charge in [0.2, 0.25) is 0 Å². The average Bonchev–Trinajstić information content (AvgIpc) is 3.43. The van der Waals surface area contributed by atoms with E-state index in [1.165, 1.54) is 24.9 Å². The number of aliphatic imine (C=N–C) groups is 1. The van der Waals surface area contributed by atoms with Gasteiger partial charge in [0.15, 0.2) is 5.96 Å². The van der Waals surface area contributed by atoms with Crippen LogP contribution in [0.2, 0.25) is 0 Å². The lowest BCUT2D eigenvalue weighted by atomic mass is 10.2. The lowest BCUT2D eigenvalue weighted by Crippen LogP contribution is -2.53. The van der Waals surface area contributed by atoms with Crippen molar-refractivity contribution >= 4 is 29.9 Å². The predicted molar refractivity (Wildman–Crippen MR) is 130 cm³/mol. The van der Waals surface area contributed by atoms with Gasteiger partial charge < -0.3 is 14.7 Å². The van der Waals surface area contributed by atoms with E-state index in [1.807, 2.05) is 13.1 Å². The van der Waals surface area contributed by atoms with Crippen LogP contribution < -0.4 is 5.32 Å². The van der Waals surface area contributed by atoms with Crippen LogP contribution in [0.15, 0.2) is 52.2 Å². The van der Waals surface area contributed by atoms with Crippen molar-refractivity contribution in [2.75, 3.05) is 46.3 Å². The molecule has 0 saturated carbocycles. The zero-order chi connectivity index (χ0) is 19.9. The first-order valence-corrected chi connectivity index (χ1v) is 10.7. The van der Waals surface area contributed by atoms with Crippen LogP contribution in [0.4, 0.5) is 0 Å². The van der Waals surface area contributed by atoms with Gasteiger partial charge in [0, 0.05) is 65.0 Å². The molecule has 2 aliphatic heterocycles. The molecule has 3 heterocycles. The molecule has 0 bridgehead atoms. The Kier molecular flexibility index (Phi) is 8.95. The molecule has 8 heteroatoms. The quantitative estimate of drug-likeness (QED) is 0.357. The van der Waals surface area contributed by atoms with E-state index in [4.69, 9.17) is 4.52 Å². The van der Waals surface area contributed by atoms with Crippen molar-refractivity contribution in [2.24, 2.45) is 4.99 Å². The standard InChI is InChI=1S/C22H32N6O.HI/c1-23-22(27-13-11-26(12-14-27)18-20-9-15-29-25-20)24-16-21-8-5-10-28(21)17-19-6-3-2-4-7-19;/h2-4,6-7,9,15,21H,5,8,10-14,16-18H2,1H3,(H,23,24);1H. The summed E-state index contributed by atoms with van der Waals surface area (Å²) in [5, 5.41) is 7.67. The van der Waals surface area contributed by atoms with Gasteiger partial charge in [-0.3, -0.25) is 14.8 Å². The van der Waals surface area contributed by atoms with Crippen LogP contribution in [0, 0.1) is 0 Å². The Bertz CT molecular complexity index is 761. The van der Waals surface area contributed by atoms with Crippen LogP contribution in [0.5, 0.6) is 0 Å². The normalized spacial score (nSPS) is 20.9. The molecule has 2 saturated heterocycles. The third-order valence-electron chi connectivity index (χ3n) is 5.98. The van der Waals surface area contributed by atoms with Crippen LogP contribution in [0.1, 0.15) is 24.1 Å². The fourth-order valence-electron chi connectivity index (χ4n) is 4.36. The number of hydrogen-bond acceptors (Lipinski definition) is 5. The second-order valence-corrected chi connectivity index (χ2v) is 7.93. The Balaban J connectivity index is 0.00000256. The fraction of sp³-hybridized carbons (Fsp3) is 0.545. The summed E-state index contributed by atoms with van der Waals surface area (Å²) in [6, 6.07) is 13.3. The molecule has 0 spiro atoms. The van der Waals surface area contributed by atoms with E-state index < -0.39 is 0 Å². The summed E-state index contributed by atoms with van der Waals surface area (Å²) in [7, 11) is 1.89. The molecule has 2 aromatic rings. The van der Waals surface area contributed by atoms with Crippen molar-refractivity contribution in [3.05, 3.63) is 53.9 Å². The van der Waals surface area contributed by atoms with Crippen LogP contribution in [-0.2, 0) is 13.1 Å². The highest BCUT2D eigenvalue weighted by molar-refractivity contribution is 14.0. The van der Waals surface area contributed by atoms with E-state index in [0.717, 1.165) is 57.5 Å². The third-order valence-corrected chi connectivity index (χ3v) is 5.98. The molecule has 1 atom stereocenters. The van der Waals surface area contributed by atoms with Crippen molar-refractivity contribution in [1.82, 2.24) is 25.2 Å². The summed E-state index contributed by atoms with van der Waals surface area (Å²) in [4.78, 5) is 11.9. The van der Waals surface area contributed by atoms with Crippen molar-refractivity contribution in [1.29, 1.82) is 0 Å². The number of nitrogens with zero attached hydrogens (tertiary/aromatic N) is 5. The average molecular weight is 524 g/mol. The van der Waals surface area contributed by atoms with Gasteiger partial charge in [-0.15, -0.1) is 24.0 Å². The highest BCUT2D eigenvalue weighted by Crippen LogP contribution is 2.19. The summed E-state index contributed by atoms with van der Waals surface area (Å²) in [6.45, 7) is 8.01. The highest BCUT2D eigenvalue weighted by Gasteiger charge is 2.26. The molecular formula is C22H33IN6O. The molecule has 1 aromatic heterocycles. The first-order valence-electron chi connectivity index (χ1n) is 10.7. The number of piperazine rings is 1. The monoisotopic (exact) mass is 524 g/mol. The van der Waals surface area contributed by atoms with Gasteiger partial charge in [-0.25, -0.2) is 0 Å². The van der Waals surface area contributed by atoms with Gasteiger partial charge >= 0.3 is 0 Å². The largest absolute Gasteiger partial charge is 0.364 e. The minimum Gasteiger partial charge on any atom is -0.364 e. The molecule has 4 rings (SSSR count). The van der Waals surface area contributed by atoms with Crippen LogP contribution in [-0.4, -0.2) is 78.2 Å². The zero-order valence-corrected chi connectivity index (χ0v) is 20.1. The maximum atomic E-state index is 4.94. The first-order chi connectivity index (χ1) is 14.3. The Morgan fingerprint density at radius 1 is 1.10 bits per heavy atom. The zero-order valence-electron chi connectivity index (χ0n) is 17.7. The number of hydrogen-bond donors (Lipinski definition) is 1. The minimum absolute atomic E-state index is 0. The molecule has 1 N–H and O–H groups in total. The lowest BCUT2D eigenvalue weighted by molar-refractivity contribution is 0.168. The Morgan fingerprint density at radius 2 is 1.90 bits per heavy atom. The Hall–Kier alpha value is -1.65. The second kappa shape index (κ2) is 11.7. The predicted octanol–water partition coefficient (Wildman–Crippen LogP) is 2.65. The van der Waals surface area contributed by atoms with E-state index in [9.17, 15) is 0 Å². The molecule has 1 aromatic carbocycles. The molecule has 2 fully saturated rings. The van der Waals surface area contributed by atoms with E-state index in [2.05, 4.69) is 60.5 Å². The molecule has 0 aliphatic carbocycles. The van der Waals surface area contributed by atoms with Crippen molar-refractivity contribution in [2.45, 2.75) is 32.0 Å². The Morgan fingerprint density at radius 3 is 2.60 bits per heavy atom. The van der Waals surface area contributed by atoms with E-state index in [0.29, 0.717) is 6.04 Å². The molecule has 30 heavy (non-hydrogen) atoms. The van der Waals surface area contributed by atoms with Crippen LogP contribution in [0.3, 0.4) is 0 Å². The maximum absolute atomic E-state index is 4.94. The van der Waals surface area contributed by atoms with Crippen molar-refractivity contribution < 1.29 is 4.52 Å². The fourth-order valence-corrected chi connectivity index (χ4v) is 4.36. The lowest BCUT2D eigenvalue weighted by Gasteiger charge is -2.36. The number of aromatic nitrogens is 1. The van der Waals surface area contributed by atoms with Gasteiger partial charge in [-0.05, 0) is 24.9 Å². The number of rotatable bonds is 6. The Labute approximate surface area is 196 Å². The molecule has 7 nitrogen and oxygen atoms in total. The van der Waals surface area contributed by atoms with Gasteiger partial charge in [0.1, 0.15) is 6.26 Å². The molecule has 1 unspecified atom stereocenters. The number of halogens is 1. The summed E-state index contributed by atoms with van der Waals surface area (Å²) in [5.41, 5.74) is 2.40. The van der Waals surface area contributed by atoms with Gasteiger partial charge in [-0.1, -0.05) is 35.5 Å². The minimum atomic E-state index is 0. The second-order valence-electron chi connectivity index (χ2n) is 7.93. The van der Waals surface area contributed by atoms with E-state index in [1.54, 1.807) is 6.26 Å². The van der Waals surface area contributed by atoms with Crippen LogP contribution in [0.25, 0.3) is 0 Å². The molecule has 0 amide bonds. The number of guanidine groups is 1. The van der Waals surface area contributed by atoms with Gasteiger partial charge in [-0.2, -0.15) is 0 Å². The summed E-state index contributed by atoms with van der Waals surface area (Å²) in [6.07, 6.45) is 4.17. The van der Waals surface area contributed by atoms with Crippen LogP contribution >= 0.6 is 24.0 Å². The third kappa shape index (κ3) is 6.18. The molecule has 164 valence electrons. The maximum Gasteiger partial charge on any atom is 0.193 e. The summed E-state index contributed by atoms with van der Waals surface area (Å²) in [5.74, 6) is 1.03. The molecular weight excluding hydrogens is 491 g/mol. The van der Waals surface area contributed by atoms with E-state index in [-0.39, 0.29) is 24.0 Å². The SMILES string of the molecule is CN=C(NCC1CCCN1Cc1ccccc1)N1CCN(Cc2ccon2)CC1.I. The topological polar surface area (TPSA) is 60.1 Å². The van der Waals surface area contributed by atoms with Gasteiger partial charge in [0.25, 0.3) is 0 Å². The smallest absolute Gasteiger partial charge is 0.193 e. The van der Waals surface area contributed by atoms with Gasteiger partial charge in [0.05, 0.1) is 5.69 Å². The number of benzene rings is 1. The van der Waals surface area contributed by atoms with Crippen molar-refractivity contribution in [3.8, 4) is 0 Å². The first kappa shape index (κ1) is 23.0. The number of likely N-dealkylation sites (tertiary alicyclic amines) is 1. The van der Waals surface area contributed by atoms with Crippen molar-refractivity contribution in [3.63, 3.8) is 0 Å². The highest BCUT2D eigenvalue weighted by atomic mass is 127.